The molecule has 0 spiro atoms. The molecule has 0 aromatic carbocycles. The molecule has 1 heterocycles. The maximum atomic E-state index is 12.3. The van der Waals surface area contributed by atoms with Crippen molar-refractivity contribution in [2.45, 2.75) is 45.2 Å². The lowest BCUT2D eigenvalue weighted by Crippen LogP contribution is -2.45. The normalized spacial score (nSPS) is 18.5. The van der Waals surface area contributed by atoms with Crippen LogP contribution in [0.3, 0.4) is 0 Å². The monoisotopic (exact) mass is 298 g/mol. The molecule has 7 heteroatoms. The van der Waals surface area contributed by atoms with Crippen molar-refractivity contribution in [1.29, 1.82) is 0 Å². The summed E-state index contributed by atoms with van der Waals surface area (Å²) in [5.41, 5.74) is 0. The molecule has 7 nitrogen and oxygen atoms in total. The predicted molar refractivity (Wildman–Crippen MR) is 79.7 cm³/mol. The Labute approximate surface area is 126 Å². The van der Waals surface area contributed by atoms with Crippen molar-refractivity contribution < 1.29 is 14.4 Å². The molecule has 120 valence electrons. The summed E-state index contributed by atoms with van der Waals surface area (Å²) >= 11 is 0. The van der Waals surface area contributed by atoms with Gasteiger partial charge < -0.3 is 15.5 Å². The maximum absolute atomic E-state index is 12.3. The molecule has 0 aromatic rings. The van der Waals surface area contributed by atoms with Crippen LogP contribution < -0.4 is 10.6 Å². The lowest BCUT2D eigenvalue weighted by Gasteiger charge is -2.24. The molecule has 0 radical (unpaired) electrons. The number of nitrogens with one attached hydrogen (secondary N) is 2. The van der Waals surface area contributed by atoms with Crippen molar-refractivity contribution in [3.8, 4) is 0 Å². The van der Waals surface area contributed by atoms with Crippen LogP contribution >= 0.6 is 0 Å². The van der Waals surface area contributed by atoms with E-state index in [-0.39, 0.29) is 30.3 Å². The molecule has 21 heavy (non-hydrogen) atoms. The van der Waals surface area contributed by atoms with Crippen LogP contribution in [-0.4, -0.2) is 66.9 Å². The molecule has 1 saturated heterocycles. The molecular weight excluding hydrogens is 272 g/mol. The molecular formula is C14H26N4O3. The highest BCUT2D eigenvalue weighted by molar-refractivity contribution is 6.05. The van der Waals surface area contributed by atoms with Crippen LogP contribution in [0.1, 0.15) is 33.1 Å². The van der Waals surface area contributed by atoms with E-state index in [0.29, 0.717) is 13.1 Å². The van der Waals surface area contributed by atoms with Crippen LogP contribution in [0.2, 0.25) is 0 Å². The Kier molecular flexibility index (Phi) is 6.61. The molecule has 1 atom stereocenters. The number of carbonyl (C=O) groups excluding carboxylic acids is 3. The first kappa shape index (κ1) is 17.4. The SMILES string of the molecule is CCC(CC)N1C(=O)CC(NCCNC(=O)N(C)C)C1=O. The summed E-state index contributed by atoms with van der Waals surface area (Å²) < 4.78 is 0. The van der Waals surface area contributed by atoms with E-state index < -0.39 is 6.04 Å². The van der Waals surface area contributed by atoms with Gasteiger partial charge >= 0.3 is 6.03 Å². The van der Waals surface area contributed by atoms with Crippen molar-refractivity contribution >= 4 is 17.8 Å². The van der Waals surface area contributed by atoms with Crippen LogP contribution in [-0.2, 0) is 9.59 Å². The first-order valence-corrected chi connectivity index (χ1v) is 7.46. The number of amides is 4. The second-order valence-corrected chi connectivity index (χ2v) is 5.41. The van der Waals surface area contributed by atoms with Gasteiger partial charge in [-0.25, -0.2) is 4.79 Å². The number of nitrogens with zero attached hydrogens (tertiary/aromatic N) is 2. The Morgan fingerprint density at radius 3 is 2.43 bits per heavy atom. The minimum Gasteiger partial charge on any atom is -0.337 e. The van der Waals surface area contributed by atoms with E-state index in [2.05, 4.69) is 10.6 Å². The lowest BCUT2D eigenvalue weighted by molar-refractivity contribution is -0.141. The minimum absolute atomic E-state index is 0.00903. The number of rotatable bonds is 7. The van der Waals surface area contributed by atoms with Crippen LogP contribution in [0.5, 0.6) is 0 Å². The van der Waals surface area contributed by atoms with E-state index in [1.807, 2.05) is 13.8 Å². The Morgan fingerprint density at radius 1 is 1.29 bits per heavy atom. The quantitative estimate of drug-likeness (QED) is 0.518. The molecule has 0 bridgehead atoms. The number of urea groups is 1. The van der Waals surface area contributed by atoms with E-state index >= 15 is 0 Å². The molecule has 1 fully saturated rings. The number of hydrogen-bond donors (Lipinski definition) is 2. The Balaban J connectivity index is 2.43. The van der Waals surface area contributed by atoms with Gasteiger partial charge in [-0.2, -0.15) is 0 Å². The highest BCUT2D eigenvalue weighted by Crippen LogP contribution is 2.19. The fraction of sp³-hybridized carbons (Fsp3) is 0.786. The summed E-state index contributed by atoms with van der Waals surface area (Å²) in [6, 6.07) is -0.649. The van der Waals surface area contributed by atoms with E-state index in [1.54, 1.807) is 14.1 Å². The van der Waals surface area contributed by atoms with Gasteiger partial charge in [-0.3, -0.25) is 14.5 Å². The van der Waals surface area contributed by atoms with Crippen LogP contribution in [0.25, 0.3) is 0 Å². The number of imide groups is 1. The molecule has 0 aromatic heterocycles. The molecule has 4 amide bonds. The van der Waals surface area contributed by atoms with Crippen LogP contribution in [0.4, 0.5) is 4.79 Å². The van der Waals surface area contributed by atoms with Gasteiger partial charge in [-0.1, -0.05) is 13.8 Å². The number of likely N-dealkylation sites (tertiary alicyclic amines) is 1. The molecule has 0 saturated carbocycles. The first-order valence-electron chi connectivity index (χ1n) is 7.46. The highest BCUT2D eigenvalue weighted by atomic mass is 16.2. The summed E-state index contributed by atoms with van der Waals surface area (Å²) in [7, 11) is 3.32. The fourth-order valence-electron chi connectivity index (χ4n) is 2.42. The summed E-state index contributed by atoms with van der Waals surface area (Å²) in [4.78, 5) is 38.4. The number of hydrogen-bond acceptors (Lipinski definition) is 4. The second-order valence-electron chi connectivity index (χ2n) is 5.41. The molecule has 1 unspecified atom stereocenters. The summed E-state index contributed by atoms with van der Waals surface area (Å²) in [5.74, 6) is -0.254. The maximum Gasteiger partial charge on any atom is 0.316 e. The first-order chi connectivity index (χ1) is 9.92. The average molecular weight is 298 g/mol. The molecule has 1 aliphatic heterocycles. The van der Waals surface area contributed by atoms with E-state index in [0.717, 1.165) is 12.8 Å². The largest absolute Gasteiger partial charge is 0.337 e. The van der Waals surface area contributed by atoms with Crippen molar-refractivity contribution in [1.82, 2.24) is 20.4 Å². The Bertz CT molecular complexity index is 394. The van der Waals surface area contributed by atoms with Crippen LogP contribution in [0, 0.1) is 0 Å². The average Bonchev–Trinajstić information content (AvgIpc) is 2.72. The highest BCUT2D eigenvalue weighted by Gasteiger charge is 2.40. The summed E-state index contributed by atoms with van der Waals surface area (Å²) in [6.07, 6.45) is 1.76. The van der Waals surface area contributed by atoms with Gasteiger partial charge in [-0.05, 0) is 12.8 Å². The number of carbonyl (C=O) groups is 3. The second kappa shape index (κ2) is 7.97. The van der Waals surface area contributed by atoms with Crippen molar-refractivity contribution in [3.63, 3.8) is 0 Å². The zero-order valence-electron chi connectivity index (χ0n) is 13.3. The summed E-state index contributed by atoms with van der Waals surface area (Å²) in [5, 5.41) is 5.75. The van der Waals surface area contributed by atoms with Gasteiger partial charge in [-0.15, -0.1) is 0 Å². The van der Waals surface area contributed by atoms with E-state index in [9.17, 15) is 14.4 Å². The van der Waals surface area contributed by atoms with Crippen molar-refractivity contribution in [2.24, 2.45) is 0 Å². The molecule has 2 N–H and O–H groups in total. The lowest BCUT2D eigenvalue weighted by atomic mass is 10.1. The fourth-order valence-corrected chi connectivity index (χ4v) is 2.42. The van der Waals surface area contributed by atoms with Crippen LogP contribution in [0.15, 0.2) is 0 Å². The van der Waals surface area contributed by atoms with Gasteiger partial charge in [0.15, 0.2) is 0 Å². The molecule has 1 rings (SSSR count). The zero-order chi connectivity index (χ0) is 16.0. The van der Waals surface area contributed by atoms with Crippen molar-refractivity contribution in [3.05, 3.63) is 0 Å². The van der Waals surface area contributed by atoms with Gasteiger partial charge in [0.05, 0.1) is 12.5 Å². The topological polar surface area (TPSA) is 81.8 Å². The van der Waals surface area contributed by atoms with E-state index in [1.165, 1.54) is 9.80 Å². The van der Waals surface area contributed by atoms with E-state index in [4.69, 9.17) is 0 Å². The Morgan fingerprint density at radius 2 is 1.90 bits per heavy atom. The van der Waals surface area contributed by atoms with Gasteiger partial charge in [0.25, 0.3) is 0 Å². The third-order valence-corrected chi connectivity index (χ3v) is 3.69. The third-order valence-electron chi connectivity index (χ3n) is 3.69. The van der Waals surface area contributed by atoms with Gasteiger partial charge in [0.2, 0.25) is 11.8 Å². The van der Waals surface area contributed by atoms with Crippen molar-refractivity contribution in [2.75, 3.05) is 27.2 Å². The van der Waals surface area contributed by atoms with Gasteiger partial charge in [0.1, 0.15) is 0 Å². The standard InChI is InChI=1S/C14H26N4O3/c1-5-10(6-2)18-12(19)9-11(13(18)20)15-7-8-16-14(21)17(3)4/h10-11,15H,5-9H2,1-4H3,(H,16,21). The smallest absolute Gasteiger partial charge is 0.316 e. The summed E-state index contributed by atoms with van der Waals surface area (Å²) in [6.45, 7) is 4.83. The third kappa shape index (κ3) is 4.42. The predicted octanol–water partition coefficient (Wildman–Crippen LogP) is 0.163. The molecule has 0 aliphatic carbocycles. The zero-order valence-corrected chi connectivity index (χ0v) is 13.3. The Hall–Kier alpha value is -1.63. The van der Waals surface area contributed by atoms with Gasteiger partial charge in [0, 0.05) is 33.2 Å². The molecule has 1 aliphatic rings. The minimum atomic E-state index is -0.464.